The molecule has 1 amide bonds. The summed E-state index contributed by atoms with van der Waals surface area (Å²) in [6, 6.07) is 3.08. The average molecular weight is 348 g/mol. The molecule has 0 spiro atoms. The fourth-order valence-corrected chi connectivity index (χ4v) is 4.00. The van der Waals surface area contributed by atoms with Gasteiger partial charge in [-0.15, -0.1) is 0 Å². The summed E-state index contributed by atoms with van der Waals surface area (Å²) in [5, 5.41) is 2.59. The molecule has 104 valence electrons. The first-order valence-electron chi connectivity index (χ1n) is 5.65. The molecule has 19 heavy (non-hydrogen) atoms. The predicted octanol–water partition coefficient (Wildman–Crippen LogP) is 0.460. The van der Waals surface area contributed by atoms with Crippen molar-refractivity contribution in [3.63, 3.8) is 0 Å². The summed E-state index contributed by atoms with van der Waals surface area (Å²) < 4.78 is 26.8. The maximum Gasteiger partial charge on any atom is 0.243 e. The van der Waals surface area contributed by atoms with Gasteiger partial charge in [-0.05, 0) is 40.5 Å². The Labute approximate surface area is 120 Å². The predicted molar refractivity (Wildman–Crippen MR) is 75.1 cm³/mol. The van der Waals surface area contributed by atoms with Crippen molar-refractivity contribution < 1.29 is 13.2 Å². The summed E-state index contributed by atoms with van der Waals surface area (Å²) >= 11 is 3.25. The van der Waals surface area contributed by atoms with E-state index in [2.05, 4.69) is 21.2 Å². The molecule has 0 aliphatic carbocycles. The number of hydrogen-bond acceptors (Lipinski definition) is 4. The van der Waals surface area contributed by atoms with Gasteiger partial charge in [-0.2, -0.15) is 4.31 Å². The summed E-state index contributed by atoms with van der Waals surface area (Å²) in [6.07, 6.45) is 0. The van der Waals surface area contributed by atoms with E-state index in [1.165, 1.54) is 10.4 Å². The van der Waals surface area contributed by atoms with Gasteiger partial charge in [0.15, 0.2) is 0 Å². The van der Waals surface area contributed by atoms with E-state index in [4.69, 9.17) is 5.73 Å². The van der Waals surface area contributed by atoms with Crippen molar-refractivity contribution >= 4 is 37.5 Å². The molecule has 1 aliphatic heterocycles. The van der Waals surface area contributed by atoms with E-state index < -0.39 is 10.0 Å². The molecule has 0 bridgehead atoms. The maximum absolute atomic E-state index is 12.5. The number of nitrogens with zero attached hydrogens (tertiary/aromatic N) is 1. The van der Waals surface area contributed by atoms with Gasteiger partial charge in [-0.3, -0.25) is 4.79 Å². The van der Waals surface area contributed by atoms with Crippen LogP contribution in [0.15, 0.2) is 21.5 Å². The highest BCUT2D eigenvalue weighted by molar-refractivity contribution is 9.10. The number of rotatable bonds is 2. The summed E-state index contributed by atoms with van der Waals surface area (Å²) in [5.74, 6) is -0.294. The van der Waals surface area contributed by atoms with E-state index >= 15 is 0 Å². The molecule has 0 atom stereocenters. The quantitative estimate of drug-likeness (QED) is 0.760. The van der Waals surface area contributed by atoms with Crippen LogP contribution in [0.3, 0.4) is 0 Å². The van der Waals surface area contributed by atoms with Crippen LogP contribution in [0.2, 0.25) is 0 Å². The van der Waals surface area contributed by atoms with Gasteiger partial charge < -0.3 is 11.1 Å². The zero-order valence-electron chi connectivity index (χ0n) is 10.3. The summed E-state index contributed by atoms with van der Waals surface area (Å²) in [5.41, 5.74) is 6.68. The Morgan fingerprint density at radius 3 is 2.74 bits per heavy atom. The molecular weight excluding hydrogens is 334 g/mol. The molecule has 3 N–H and O–H groups in total. The Morgan fingerprint density at radius 2 is 2.11 bits per heavy atom. The standard InChI is InChI=1S/C11H14BrN3O3S/c1-7-4-8(12)9(13)5-10(7)19(17,18)15-3-2-14-11(16)6-15/h4-5H,2-3,6,13H2,1H3,(H,14,16). The highest BCUT2D eigenvalue weighted by atomic mass is 79.9. The van der Waals surface area contributed by atoms with Crippen molar-refractivity contribution in [1.82, 2.24) is 9.62 Å². The normalized spacial score (nSPS) is 17.3. The second kappa shape index (κ2) is 5.10. The van der Waals surface area contributed by atoms with Gasteiger partial charge >= 0.3 is 0 Å². The number of nitrogen functional groups attached to an aromatic ring is 1. The number of benzene rings is 1. The molecule has 1 saturated heterocycles. The van der Waals surface area contributed by atoms with Gasteiger partial charge in [0.25, 0.3) is 0 Å². The number of halogens is 1. The van der Waals surface area contributed by atoms with Crippen LogP contribution in [0.25, 0.3) is 0 Å². The second-order valence-corrected chi connectivity index (χ2v) is 7.09. The molecule has 0 saturated carbocycles. The van der Waals surface area contributed by atoms with Gasteiger partial charge in [0.05, 0.1) is 11.4 Å². The Hall–Kier alpha value is -1.12. The van der Waals surface area contributed by atoms with Crippen LogP contribution < -0.4 is 11.1 Å². The van der Waals surface area contributed by atoms with Crippen LogP contribution in [-0.2, 0) is 14.8 Å². The number of carbonyl (C=O) groups excluding carboxylic acids is 1. The molecule has 8 heteroatoms. The third kappa shape index (κ3) is 2.75. The van der Waals surface area contributed by atoms with Crippen molar-refractivity contribution in [1.29, 1.82) is 0 Å². The molecule has 1 fully saturated rings. The smallest absolute Gasteiger partial charge is 0.243 e. The van der Waals surface area contributed by atoms with Gasteiger partial charge in [-0.25, -0.2) is 8.42 Å². The number of anilines is 1. The number of sulfonamides is 1. The lowest BCUT2D eigenvalue weighted by Gasteiger charge is -2.26. The van der Waals surface area contributed by atoms with Crippen molar-refractivity contribution in [3.8, 4) is 0 Å². The molecule has 0 unspecified atom stereocenters. The topological polar surface area (TPSA) is 92.5 Å². The fourth-order valence-electron chi connectivity index (χ4n) is 1.91. The molecule has 0 radical (unpaired) electrons. The molecule has 6 nitrogen and oxygen atoms in total. The first-order chi connectivity index (χ1) is 8.82. The number of amides is 1. The molecular formula is C11H14BrN3O3S. The Kier molecular flexibility index (Phi) is 3.84. The van der Waals surface area contributed by atoms with Crippen LogP contribution in [0.1, 0.15) is 5.56 Å². The van der Waals surface area contributed by atoms with E-state index in [1.54, 1.807) is 13.0 Å². The monoisotopic (exact) mass is 347 g/mol. The van der Waals surface area contributed by atoms with E-state index in [1.807, 2.05) is 0 Å². The van der Waals surface area contributed by atoms with E-state index in [-0.39, 0.29) is 23.9 Å². The van der Waals surface area contributed by atoms with Crippen LogP contribution in [0.5, 0.6) is 0 Å². The lowest BCUT2D eigenvalue weighted by Crippen LogP contribution is -2.49. The zero-order chi connectivity index (χ0) is 14.2. The number of piperazine rings is 1. The maximum atomic E-state index is 12.5. The van der Waals surface area contributed by atoms with Gasteiger partial charge in [0.2, 0.25) is 15.9 Å². The van der Waals surface area contributed by atoms with Crippen LogP contribution >= 0.6 is 15.9 Å². The number of hydrogen-bond donors (Lipinski definition) is 2. The first-order valence-corrected chi connectivity index (χ1v) is 7.88. The fraction of sp³-hybridized carbons (Fsp3) is 0.364. The van der Waals surface area contributed by atoms with Crippen LogP contribution in [0.4, 0.5) is 5.69 Å². The number of carbonyl (C=O) groups is 1. The highest BCUT2D eigenvalue weighted by Gasteiger charge is 2.30. The summed E-state index contributed by atoms with van der Waals surface area (Å²) in [6.45, 7) is 2.13. The van der Waals surface area contributed by atoms with Gasteiger partial charge in [0.1, 0.15) is 0 Å². The molecule has 1 aromatic rings. The highest BCUT2D eigenvalue weighted by Crippen LogP contribution is 2.28. The van der Waals surface area contributed by atoms with Gasteiger partial charge in [-0.1, -0.05) is 0 Å². The number of nitrogens with one attached hydrogen (secondary N) is 1. The number of nitrogens with two attached hydrogens (primary N) is 1. The largest absolute Gasteiger partial charge is 0.398 e. The average Bonchev–Trinajstić information content (AvgIpc) is 2.33. The third-order valence-electron chi connectivity index (χ3n) is 2.92. The summed E-state index contributed by atoms with van der Waals surface area (Å²) in [4.78, 5) is 11.4. The molecule has 1 aromatic carbocycles. The molecule has 0 aromatic heterocycles. The zero-order valence-corrected chi connectivity index (χ0v) is 12.7. The van der Waals surface area contributed by atoms with Crippen molar-refractivity contribution in [3.05, 3.63) is 22.2 Å². The van der Waals surface area contributed by atoms with E-state index in [0.717, 1.165) is 0 Å². The van der Waals surface area contributed by atoms with E-state index in [0.29, 0.717) is 22.3 Å². The Morgan fingerprint density at radius 1 is 1.42 bits per heavy atom. The van der Waals surface area contributed by atoms with Gasteiger partial charge in [0, 0.05) is 23.2 Å². The lowest BCUT2D eigenvalue weighted by molar-refractivity contribution is -0.122. The molecule has 2 rings (SSSR count). The Bertz CT molecular complexity index is 630. The van der Waals surface area contributed by atoms with E-state index in [9.17, 15) is 13.2 Å². The minimum absolute atomic E-state index is 0.142. The molecule has 1 aliphatic rings. The summed E-state index contributed by atoms with van der Waals surface area (Å²) in [7, 11) is -3.69. The third-order valence-corrected chi connectivity index (χ3v) is 5.59. The van der Waals surface area contributed by atoms with Crippen LogP contribution in [0, 0.1) is 6.92 Å². The first kappa shape index (κ1) is 14.3. The SMILES string of the molecule is Cc1cc(Br)c(N)cc1S(=O)(=O)N1CCNC(=O)C1. The van der Waals surface area contributed by atoms with Crippen LogP contribution in [-0.4, -0.2) is 38.3 Å². The Balaban J connectivity index is 2.44. The minimum atomic E-state index is -3.69. The number of aryl methyl sites for hydroxylation is 1. The molecule has 1 heterocycles. The van der Waals surface area contributed by atoms with Crippen molar-refractivity contribution in [2.45, 2.75) is 11.8 Å². The second-order valence-electron chi connectivity index (χ2n) is 4.33. The van der Waals surface area contributed by atoms with Crippen molar-refractivity contribution in [2.75, 3.05) is 25.4 Å². The lowest BCUT2D eigenvalue weighted by atomic mass is 10.2. The minimum Gasteiger partial charge on any atom is -0.398 e. The van der Waals surface area contributed by atoms with Crippen molar-refractivity contribution in [2.24, 2.45) is 0 Å².